The molecule has 0 bridgehead atoms. The minimum atomic E-state index is 0.451. The number of guanidine groups is 1. The highest BCUT2D eigenvalue weighted by molar-refractivity contribution is 7.98. The van der Waals surface area contributed by atoms with E-state index in [4.69, 9.17) is 9.47 Å². The molecule has 0 aliphatic rings. The van der Waals surface area contributed by atoms with Crippen LogP contribution in [0.25, 0.3) is 0 Å². The van der Waals surface area contributed by atoms with Gasteiger partial charge in [0.2, 0.25) is 5.88 Å². The quantitative estimate of drug-likeness (QED) is 0.322. The van der Waals surface area contributed by atoms with Crippen molar-refractivity contribution < 1.29 is 9.47 Å². The third-order valence-electron chi connectivity index (χ3n) is 3.89. The van der Waals surface area contributed by atoms with E-state index in [0.29, 0.717) is 25.6 Å². The van der Waals surface area contributed by atoms with Crippen LogP contribution in [0.1, 0.15) is 18.4 Å². The Morgan fingerprint density at radius 2 is 1.86 bits per heavy atom. The molecule has 0 saturated heterocycles. The van der Waals surface area contributed by atoms with Crippen molar-refractivity contribution in [3.8, 4) is 11.6 Å². The summed E-state index contributed by atoms with van der Waals surface area (Å²) >= 11 is 1.88. The lowest BCUT2D eigenvalue weighted by Gasteiger charge is -2.12. The molecule has 0 saturated carbocycles. The first-order chi connectivity index (χ1) is 13.8. The Labute approximate surface area is 172 Å². The zero-order chi connectivity index (χ0) is 19.9. The van der Waals surface area contributed by atoms with Crippen LogP contribution in [0.2, 0.25) is 0 Å². The molecule has 0 aliphatic carbocycles. The number of thioether (sulfide) groups is 1. The van der Waals surface area contributed by atoms with E-state index in [-0.39, 0.29) is 0 Å². The predicted octanol–water partition coefficient (Wildman–Crippen LogP) is 3.35. The van der Waals surface area contributed by atoms with Crippen LogP contribution < -0.4 is 20.1 Å². The van der Waals surface area contributed by atoms with Gasteiger partial charge in [-0.15, -0.1) is 0 Å². The topological polar surface area (TPSA) is 67.8 Å². The molecule has 0 amide bonds. The normalized spacial score (nSPS) is 11.1. The first-order valence-corrected chi connectivity index (χ1v) is 10.9. The van der Waals surface area contributed by atoms with E-state index < -0.39 is 0 Å². The highest BCUT2D eigenvalue weighted by atomic mass is 32.2. The molecule has 2 aromatic rings. The van der Waals surface area contributed by atoms with Crippen LogP contribution in [0.4, 0.5) is 0 Å². The van der Waals surface area contributed by atoms with Crippen molar-refractivity contribution in [1.82, 2.24) is 15.6 Å². The van der Waals surface area contributed by atoms with Crippen LogP contribution in [-0.4, -0.2) is 49.8 Å². The smallest absolute Gasteiger partial charge is 0.213 e. The van der Waals surface area contributed by atoms with Crippen LogP contribution in [0.5, 0.6) is 11.6 Å². The summed E-state index contributed by atoms with van der Waals surface area (Å²) in [6.45, 7) is 2.52. The Bertz CT molecular complexity index is 681. The number of hydrogen-bond acceptors (Lipinski definition) is 5. The maximum absolute atomic E-state index is 5.62. The highest BCUT2D eigenvalue weighted by Crippen LogP contribution is 2.10. The van der Waals surface area contributed by atoms with Gasteiger partial charge in [-0.2, -0.15) is 11.8 Å². The van der Waals surface area contributed by atoms with E-state index >= 15 is 0 Å². The molecule has 152 valence electrons. The lowest BCUT2D eigenvalue weighted by Crippen LogP contribution is -2.37. The number of ether oxygens (including phenoxy) is 2. The van der Waals surface area contributed by atoms with Gasteiger partial charge in [0.25, 0.3) is 0 Å². The molecule has 1 aromatic carbocycles. The zero-order valence-electron chi connectivity index (χ0n) is 16.7. The number of nitrogens with zero attached hydrogens (tertiary/aromatic N) is 2. The van der Waals surface area contributed by atoms with Gasteiger partial charge in [-0.05, 0) is 42.5 Å². The van der Waals surface area contributed by atoms with Crippen molar-refractivity contribution in [2.24, 2.45) is 4.99 Å². The molecule has 2 rings (SSSR count). The van der Waals surface area contributed by atoms with E-state index in [0.717, 1.165) is 30.2 Å². The fourth-order valence-corrected chi connectivity index (χ4v) is 2.90. The lowest BCUT2D eigenvalue weighted by atomic mass is 10.3. The van der Waals surface area contributed by atoms with Crippen molar-refractivity contribution in [2.75, 3.05) is 38.8 Å². The predicted molar refractivity (Wildman–Crippen MR) is 117 cm³/mol. The Morgan fingerprint density at radius 3 is 2.57 bits per heavy atom. The fourth-order valence-electron chi connectivity index (χ4n) is 2.41. The third kappa shape index (κ3) is 8.99. The summed E-state index contributed by atoms with van der Waals surface area (Å²) < 4.78 is 11.2. The number of rotatable bonds is 12. The summed E-state index contributed by atoms with van der Waals surface area (Å²) in [5.74, 6) is 3.44. The van der Waals surface area contributed by atoms with Crippen molar-refractivity contribution in [1.29, 1.82) is 0 Å². The monoisotopic (exact) mass is 402 g/mol. The number of aromatic nitrogens is 1. The second-order valence-electron chi connectivity index (χ2n) is 6.07. The van der Waals surface area contributed by atoms with Crippen molar-refractivity contribution in [2.45, 2.75) is 19.4 Å². The molecule has 1 aromatic heterocycles. The molecule has 0 fully saturated rings. The molecular weight excluding hydrogens is 372 g/mol. The largest absolute Gasteiger partial charge is 0.490 e. The molecule has 7 heteroatoms. The van der Waals surface area contributed by atoms with Gasteiger partial charge in [0, 0.05) is 32.4 Å². The molecular formula is C21H30N4O2S. The number of aliphatic imine (C=N–C) groups is 1. The summed E-state index contributed by atoms with van der Waals surface area (Å²) in [5, 5.41) is 6.63. The number of pyridine rings is 1. The standard InChI is InChI=1S/C21H30N4O2S/c1-22-21(23-12-6-7-15-28-2)25-17-18-10-11-20(24-16-18)27-14-13-26-19-8-4-3-5-9-19/h3-5,8-11,16H,6-7,12-15,17H2,1-2H3,(H2,22,23,25). The SMILES string of the molecule is CN=C(NCCCCSC)NCc1ccc(OCCOc2ccccc2)nc1. The molecule has 0 aliphatic heterocycles. The van der Waals surface area contributed by atoms with Crippen LogP contribution in [0.3, 0.4) is 0 Å². The van der Waals surface area contributed by atoms with Crippen LogP contribution in [-0.2, 0) is 6.54 Å². The van der Waals surface area contributed by atoms with Crippen LogP contribution in [0, 0.1) is 0 Å². The van der Waals surface area contributed by atoms with Gasteiger partial charge in [0.1, 0.15) is 19.0 Å². The Kier molecular flexibility index (Phi) is 10.7. The molecule has 6 nitrogen and oxygen atoms in total. The van der Waals surface area contributed by atoms with Crippen LogP contribution in [0.15, 0.2) is 53.7 Å². The fraction of sp³-hybridized carbons (Fsp3) is 0.429. The van der Waals surface area contributed by atoms with Crippen molar-refractivity contribution in [3.05, 3.63) is 54.2 Å². The zero-order valence-corrected chi connectivity index (χ0v) is 17.5. The van der Waals surface area contributed by atoms with Gasteiger partial charge in [0.05, 0.1) is 0 Å². The maximum Gasteiger partial charge on any atom is 0.213 e. The highest BCUT2D eigenvalue weighted by Gasteiger charge is 2.01. The maximum atomic E-state index is 5.62. The van der Waals surface area contributed by atoms with E-state index in [1.54, 1.807) is 7.05 Å². The number of hydrogen-bond donors (Lipinski definition) is 2. The van der Waals surface area contributed by atoms with Gasteiger partial charge >= 0.3 is 0 Å². The van der Waals surface area contributed by atoms with E-state index in [1.807, 2.05) is 60.4 Å². The minimum absolute atomic E-state index is 0.451. The summed E-state index contributed by atoms with van der Waals surface area (Å²) in [6, 6.07) is 13.6. The summed E-state index contributed by atoms with van der Waals surface area (Å²) in [5.41, 5.74) is 1.07. The first kappa shape index (κ1) is 21.9. The Morgan fingerprint density at radius 1 is 1.04 bits per heavy atom. The number of nitrogens with one attached hydrogen (secondary N) is 2. The number of unbranched alkanes of at least 4 members (excludes halogenated alkanes) is 1. The van der Waals surface area contributed by atoms with E-state index in [9.17, 15) is 0 Å². The van der Waals surface area contributed by atoms with E-state index in [1.165, 1.54) is 12.2 Å². The Hall–Kier alpha value is -2.41. The van der Waals surface area contributed by atoms with E-state index in [2.05, 4.69) is 26.9 Å². The van der Waals surface area contributed by atoms with Gasteiger partial charge < -0.3 is 20.1 Å². The molecule has 0 unspecified atom stereocenters. The molecule has 2 N–H and O–H groups in total. The number of benzene rings is 1. The van der Waals surface area contributed by atoms with Crippen molar-refractivity contribution in [3.63, 3.8) is 0 Å². The second-order valence-corrected chi connectivity index (χ2v) is 7.05. The van der Waals surface area contributed by atoms with Gasteiger partial charge in [-0.3, -0.25) is 4.99 Å². The molecule has 0 radical (unpaired) electrons. The molecule has 1 heterocycles. The van der Waals surface area contributed by atoms with Crippen molar-refractivity contribution >= 4 is 17.7 Å². The van der Waals surface area contributed by atoms with Crippen LogP contribution >= 0.6 is 11.8 Å². The van der Waals surface area contributed by atoms with Gasteiger partial charge in [-0.25, -0.2) is 4.98 Å². The van der Waals surface area contributed by atoms with Gasteiger partial charge in [-0.1, -0.05) is 24.3 Å². The third-order valence-corrected chi connectivity index (χ3v) is 4.59. The second kappa shape index (κ2) is 13.7. The van der Waals surface area contributed by atoms with Gasteiger partial charge in [0.15, 0.2) is 5.96 Å². The summed E-state index contributed by atoms with van der Waals surface area (Å²) in [7, 11) is 1.78. The average molecular weight is 403 g/mol. The lowest BCUT2D eigenvalue weighted by molar-refractivity contribution is 0.212. The number of para-hydroxylation sites is 1. The summed E-state index contributed by atoms with van der Waals surface area (Å²) in [4.78, 5) is 8.59. The molecule has 28 heavy (non-hydrogen) atoms. The molecule has 0 atom stereocenters. The summed E-state index contributed by atoms with van der Waals surface area (Å²) in [6.07, 6.45) is 6.30. The molecule has 0 spiro atoms. The first-order valence-electron chi connectivity index (χ1n) is 9.51. The Balaban J connectivity index is 1.63. The minimum Gasteiger partial charge on any atom is -0.490 e. The average Bonchev–Trinajstić information content (AvgIpc) is 2.75.